The summed E-state index contributed by atoms with van der Waals surface area (Å²) in [6, 6.07) is 9.29. The number of pyridine rings is 1. The Morgan fingerprint density at radius 3 is 2.42 bits per heavy atom. The Morgan fingerprint density at radius 2 is 1.82 bits per heavy atom. The third-order valence-corrected chi connectivity index (χ3v) is 5.87. The predicted molar refractivity (Wildman–Crippen MR) is 125 cm³/mol. The van der Waals surface area contributed by atoms with Crippen molar-refractivity contribution in [2.45, 2.75) is 58.3 Å². The molecule has 0 fully saturated rings. The molecule has 0 atom stereocenters. The van der Waals surface area contributed by atoms with E-state index in [9.17, 15) is 9.90 Å². The second-order valence-corrected chi connectivity index (χ2v) is 7.90. The Balaban J connectivity index is 1.89. The van der Waals surface area contributed by atoms with E-state index in [1.165, 1.54) is 12.3 Å². The van der Waals surface area contributed by atoms with E-state index in [1.54, 1.807) is 20.4 Å². The van der Waals surface area contributed by atoms with Crippen LogP contribution in [0.4, 0.5) is 0 Å². The van der Waals surface area contributed by atoms with Crippen LogP contribution in [0.1, 0.15) is 67.1 Å². The molecule has 0 spiro atoms. The van der Waals surface area contributed by atoms with Crippen LogP contribution in [0.15, 0.2) is 42.7 Å². The van der Waals surface area contributed by atoms with Gasteiger partial charge in [-0.15, -0.1) is 5.10 Å². The van der Waals surface area contributed by atoms with E-state index in [1.807, 2.05) is 35.9 Å². The van der Waals surface area contributed by atoms with E-state index in [2.05, 4.69) is 11.9 Å². The molecule has 8 heteroatoms. The van der Waals surface area contributed by atoms with E-state index in [-0.39, 0.29) is 5.56 Å². The molecule has 3 aromatic rings. The van der Waals surface area contributed by atoms with Gasteiger partial charge in [-0.05, 0) is 23.6 Å². The lowest BCUT2D eigenvalue weighted by atomic mass is 10.0. The fourth-order valence-corrected chi connectivity index (χ4v) is 3.87. The van der Waals surface area contributed by atoms with Crippen LogP contribution in [0.25, 0.3) is 11.1 Å². The highest BCUT2D eigenvalue weighted by atomic mass is 16.7. The maximum atomic E-state index is 11.5. The number of carboxylic acid groups (broad SMARTS) is 1. The highest BCUT2D eigenvalue weighted by Gasteiger charge is 2.35. The Bertz CT molecular complexity index is 1050. The Kier molecular flexibility index (Phi) is 8.30. The van der Waals surface area contributed by atoms with Gasteiger partial charge in [-0.3, -0.25) is 4.98 Å². The highest BCUT2D eigenvalue weighted by Crippen LogP contribution is 2.28. The van der Waals surface area contributed by atoms with Crippen LogP contribution >= 0.6 is 0 Å². The number of unbranched alkanes of at least 4 members (excludes halogenated alkanes) is 2. The molecule has 1 N–H and O–H groups in total. The van der Waals surface area contributed by atoms with Crippen molar-refractivity contribution in [2.24, 2.45) is 0 Å². The van der Waals surface area contributed by atoms with Gasteiger partial charge in [-0.25, -0.2) is 14.5 Å². The number of methoxy groups -OCH3 is 2. The number of aromatic nitrogens is 4. The summed E-state index contributed by atoms with van der Waals surface area (Å²) in [7, 11) is 3.21. The molecule has 0 bridgehead atoms. The van der Waals surface area contributed by atoms with Gasteiger partial charge in [0.25, 0.3) is 0 Å². The van der Waals surface area contributed by atoms with E-state index in [4.69, 9.17) is 19.6 Å². The molecule has 8 nitrogen and oxygen atoms in total. The summed E-state index contributed by atoms with van der Waals surface area (Å²) in [6.07, 6.45) is 7.76. The van der Waals surface area contributed by atoms with Gasteiger partial charge in [0, 0.05) is 45.0 Å². The average molecular weight is 453 g/mol. The van der Waals surface area contributed by atoms with Gasteiger partial charge >= 0.3 is 5.97 Å². The number of benzene rings is 1. The second kappa shape index (κ2) is 11.2. The van der Waals surface area contributed by atoms with Gasteiger partial charge in [-0.2, -0.15) is 0 Å². The van der Waals surface area contributed by atoms with Crippen LogP contribution in [0.3, 0.4) is 0 Å². The minimum Gasteiger partial charge on any atom is -0.478 e. The molecular weight excluding hydrogens is 420 g/mol. The van der Waals surface area contributed by atoms with Crippen LogP contribution in [0.5, 0.6) is 0 Å². The molecule has 0 saturated heterocycles. The van der Waals surface area contributed by atoms with Gasteiger partial charge in [0.1, 0.15) is 5.82 Å². The van der Waals surface area contributed by atoms with Crippen molar-refractivity contribution in [1.82, 2.24) is 19.7 Å². The normalized spacial score (nSPS) is 11.6. The molecule has 0 aliphatic carbocycles. The zero-order valence-corrected chi connectivity index (χ0v) is 19.7. The molecule has 0 aliphatic rings. The summed E-state index contributed by atoms with van der Waals surface area (Å²) in [5.74, 6) is -0.518. The van der Waals surface area contributed by atoms with Crippen LogP contribution in [-0.2, 0) is 28.2 Å². The molecule has 0 amide bonds. The molecule has 0 radical (unpaired) electrons. The molecule has 0 saturated carbocycles. The monoisotopic (exact) mass is 452 g/mol. The SMILES string of the molecule is CCCCCc1nc(C(CC)(OC)OC)nn1Cc1ccc(-c2cnccc2C(=O)O)cc1. The first-order valence-corrected chi connectivity index (χ1v) is 11.3. The summed E-state index contributed by atoms with van der Waals surface area (Å²) in [5, 5.41) is 14.2. The number of rotatable bonds is 12. The first-order chi connectivity index (χ1) is 16.0. The smallest absolute Gasteiger partial charge is 0.336 e. The molecule has 33 heavy (non-hydrogen) atoms. The maximum Gasteiger partial charge on any atom is 0.336 e. The van der Waals surface area contributed by atoms with Crippen molar-refractivity contribution >= 4 is 5.97 Å². The fourth-order valence-electron chi connectivity index (χ4n) is 3.87. The number of hydrogen-bond donors (Lipinski definition) is 1. The number of nitrogens with zero attached hydrogens (tertiary/aromatic N) is 4. The number of hydrogen-bond acceptors (Lipinski definition) is 6. The lowest BCUT2D eigenvalue weighted by Crippen LogP contribution is -2.31. The molecule has 176 valence electrons. The first-order valence-electron chi connectivity index (χ1n) is 11.3. The number of carbonyl (C=O) groups is 1. The molecule has 1 aromatic carbocycles. The number of carboxylic acids is 1. The van der Waals surface area contributed by atoms with Gasteiger partial charge in [0.15, 0.2) is 0 Å². The van der Waals surface area contributed by atoms with Crippen molar-refractivity contribution in [3.05, 3.63) is 65.5 Å². The van der Waals surface area contributed by atoms with E-state index in [0.717, 1.165) is 42.6 Å². The van der Waals surface area contributed by atoms with Gasteiger partial charge in [0.05, 0.1) is 12.1 Å². The van der Waals surface area contributed by atoms with Crippen LogP contribution in [-0.4, -0.2) is 45.0 Å². The summed E-state index contributed by atoms with van der Waals surface area (Å²) < 4.78 is 13.2. The van der Waals surface area contributed by atoms with Crippen LogP contribution < -0.4 is 0 Å². The fraction of sp³-hybridized carbons (Fsp3) is 0.440. The Labute approximate surface area is 194 Å². The molecule has 0 unspecified atom stereocenters. The van der Waals surface area contributed by atoms with Gasteiger partial charge in [0.2, 0.25) is 11.6 Å². The first kappa shape index (κ1) is 24.5. The van der Waals surface area contributed by atoms with Crippen molar-refractivity contribution in [2.75, 3.05) is 14.2 Å². The lowest BCUT2D eigenvalue weighted by Gasteiger charge is -2.26. The zero-order valence-electron chi connectivity index (χ0n) is 19.7. The van der Waals surface area contributed by atoms with Crippen molar-refractivity contribution in [1.29, 1.82) is 0 Å². The average Bonchev–Trinajstić information content (AvgIpc) is 3.24. The Morgan fingerprint density at radius 1 is 1.09 bits per heavy atom. The largest absolute Gasteiger partial charge is 0.478 e. The highest BCUT2D eigenvalue weighted by molar-refractivity contribution is 5.95. The number of ether oxygens (including phenoxy) is 2. The van der Waals surface area contributed by atoms with Crippen LogP contribution in [0.2, 0.25) is 0 Å². The summed E-state index contributed by atoms with van der Waals surface area (Å²) >= 11 is 0. The minimum atomic E-state index is -0.973. The number of aromatic carboxylic acids is 1. The number of aryl methyl sites for hydroxylation is 1. The topological polar surface area (TPSA) is 99.4 Å². The quantitative estimate of drug-likeness (QED) is 0.315. The molecule has 2 heterocycles. The standard InChI is InChI=1S/C25H32N4O4/c1-5-7-8-9-22-27-24(25(6-2,32-3)33-4)28-29(22)17-18-10-12-19(13-11-18)21-16-26-15-14-20(21)23(30)31/h10-16H,5-9,17H2,1-4H3,(H,30,31). The molecule has 3 rings (SSSR count). The Hall–Kier alpha value is -3.10. The summed E-state index contributed by atoms with van der Waals surface area (Å²) in [4.78, 5) is 20.4. The van der Waals surface area contributed by atoms with Gasteiger partial charge in [-0.1, -0.05) is 51.0 Å². The molecule has 2 aromatic heterocycles. The van der Waals surface area contributed by atoms with Crippen LogP contribution in [0, 0.1) is 0 Å². The zero-order chi connectivity index (χ0) is 23.8. The lowest BCUT2D eigenvalue weighted by molar-refractivity contribution is -0.222. The van der Waals surface area contributed by atoms with Crippen molar-refractivity contribution in [3.8, 4) is 11.1 Å². The van der Waals surface area contributed by atoms with E-state index >= 15 is 0 Å². The summed E-state index contributed by atoms with van der Waals surface area (Å²) in [6.45, 7) is 4.70. The van der Waals surface area contributed by atoms with Gasteiger partial charge < -0.3 is 14.6 Å². The van der Waals surface area contributed by atoms with E-state index in [0.29, 0.717) is 24.4 Å². The molecule has 0 aliphatic heterocycles. The third-order valence-electron chi connectivity index (χ3n) is 5.87. The molecular formula is C25H32N4O4. The third kappa shape index (κ3) is 5.46. The second-order valence-electron chi connectivity index (χ2n) is 7.90. The minimum absolute atomic E-state index is 0.229. The van der Waals surface area contributed by atoms with Crippen molar-refractivity contribution < 1.29 is 19.4 Å². The predicted octanol–water partition coefficient (Wildman–Crippen LogP) is 4.67. The maximum absolute atomic E-state index is 11.5. The van der Waals surface area contributed by atoms with E-state index < -0.39 is 11.8 Å². The van der Waals surface area contributed by atoms with Crippen molar-refractivity contribution in [3.63, 3.8) is 0 Å². The summed E-state index contributed by atoms with van der Waals surface area (Å²) in [5.41, 5.74) is 2.65.